The van der Waals surface area contributed by atoms with Crippen LogP contribution in [0.1, 0.15) is 26.7 Å². The van der Waals surface area contributed by atoms with Gasteiger partial charge in [0.05, 0.1) is 0 Å². The lowest BCUT2D eigenvalue weighted by atomic mass is 10.3. The van der Waals surface area contributed by atoms with E-state index in [1.165, 1.54) is 6.07 Å². The number of aromatic nitrogens is 2. The molecule has 1 rings (SSSR count). The number of anilines is 2. The Balaban J connectivity index is 2.88. The van der Waals surface area contributed by atoms with Crippen molar-refractivity contribution in [3.05, 3.63) is 12.0 Å². The van der Waals surface area contributed by atoms with Crippen molar-refractivity contribution in [1.29, 1.82) is 0 Å². The minimum atomic E-state index is -0.574. The van der Waals surface area contributed by atoms with Crippen LogP contribution in [0.5, 0.6) is 0 Å². The lowest BCUT2D eigenvalue weighted by molar-refractivity contribution is 0.580. The van der Waals surface area contributed by atoms with Crippen LogP contribution < -0.4 is 10.6 Å². The van der Waals surface area contributed by atoms with Gasteiger partial charge in [-0.15, -0.1) is 0 Å². The zero-order valence-corrected chi connectivity index (χ0v) is 9.20. The topological polar surface area (TPSA) is 55.0 Å². The number of hydrogen-bond acceptors (Lipinski definition) is 4. The predicted molar refractivity (Wildman–Crippen MR) is 59.2 cm³/mol. The Hall–Kier alpha value is -1.39. The fourth-order valence-electron chi connectivity index (χ4n) is 1.47. The summed E-state index contributed by atoms with van der Waals surface area (Å²) in [4.78, 5) is 9.45. The Morgan fingerprint density at radius 3 is 2.33 bits per heavy atom. The average molecular weight is 212 g/mol. The Labute approximate surface area is 89.3 Å². The average Bonchev–Trinajstić information content (AvgIpc) is 2.16. The van der Waals surface area contributed by atoms with Gasteiger partial charge in [0.15, 0.2) is 0 Å². The van der Waals surface area contributed by atoms with Gasteiger partial charge in [0.1, 0.15) is 5.82 Å². The molecule has 0 bridgehead atoms. The molecule has 84 valence electrons. The van der Waals surface area contributed by atoms with E-state index >= 15 is 0 Å². The number of hydrogen-bond donors (Lipinski definition) is 1. The van der Waals surface area contributed by atoms with Crippen LogP contribution in [0.15, 0.2) is 6.07 Å². The van der Waals surface area contributed by atoms with E-state index in [0.717, 1.165) is 25.9 Å². The fourth-order valence-corrected chi connectivity index (χ4v) is 1.47. The summed E-state index contributed by atoms with van der Waals surface area (Å²) in [5.74, 6) is -0.0133. The van der Waals surface area contributed by atoms with E-state index in [0.29, 0.717) is 5.82 Å². The van der Waals surface area contributed by atoms with E-state index in [1.54, 1.807) is 0 Å². The van der Waals surface area contributed by atoms with Crippen molar-refractivity contribution < 1.29 is 4.39 Å². The maximum atomic E-state index is 13.0. The molecule has 0 aliphatic rings. The molecule has 0 atom stereocenters. The summed E-state index contributed by atoms with van der Waals surface area (Å²) in [5, 5.41) is 0. The quantitative estimate of drug-likeness (QED) is 0.756. The van der Waals surface area contributed by atoms with Crippen molar-refractivity contribution in [2.45, 2.75) is 26.7 Å². The first-order valence-corrected chi connectivity index (χ1v) is 5.22. The summed E-state index contributed by atoms with van der Waals surface area (Å²) in [6.45, 7) is 5.85. The first kappa shape index (κ1) is 11.7. The largest absolute Gasteiger partial charge is 0.368 e. The molecule has 1 aromatic heterocycles. The standard InChI is InChI=1S/C10H17FN4/c1-3-5-15(6-4-2)9-7-8(11)13-10(12)14-9/h7H,3-6H2,1-2H3,(H2,12,13,14). The van der Waals surface area contributed by atoms with Crippen LogP contribution in [0.3, 0.4) is 0 Å². The number of nitrogens with two attached hydrogens (primary N) is 1. The minimum Gasteiger partial charge on any atom is -0.368 e. The Bertz CT molecular complexity index is 290. The monoisotopic (exact) mass is 212 g/mol. The van der Waals surface area contributed by atoms with Crippen molar-refractivity contribution in [2.24, 2.45) is 0 Å². The summed E-state index contributed by atoms with van der Waals surface area (Å²) in [6.07, 6.45) is 1.98. The van der Waals surface area contributed by atoms with Crippen molar-refractivity contribution in [1.82, 2.24) is 9.97 Å². The molecule has 4 nitrogen and oxygen atoms in total. The zero-order valence-electron chi connectivity index (χ0n) is 9.20. The molecule has 0 aliphatic carbocycles. The summed E-state index contributed by atoms with van der Waals surface area (Å²) in [7, 11) is 0. The first-order chi connectivity index (χ1) is 7.17. The van der Waals surface area contributed by atoms with Crippen LogP contribution >= 0.6 is 0 Å². The van der Waals surface area contributed by atoms with Gasteiger partial charge >= 0.3 is 0 Å². The third-order valence-corrected chi connectivity index (χ3v) is 2.01. The van der Waals surface area contributed by atoms with Gasteiger partial charge in [-0.05, 0) is 12.8 Å². The molecule has 1 heterocycles. The van der Waals surface area contributed by atoms with E-state index in [-0.39, 0.29) is 5.95 Å². The Morgan fingerprint density at radius 2 is 1.87 bits per heavy atom. The summed E-state index contributed by atoms with van der Waals surface area (Å²) in [6, 6.07) is 1.32. The third kappa shape index (κ3) is 3.34. The second-order valence-corrected chi connectivity index (χ2v) is 3.39. The molecule has 0 spiro atoms. The van der Waals surface area contributed by atoms with Crippen LogP contribution in [0.25, 0.3) is 0 Å². The molecular weight excluding hydrogens is 195 g/mol. The Kier molecular flexibility index (Phi) is 4.27. The zero-order chi connectivity index (χ0) is 11.3. The highest BCUT2D eigenvalue weighted by atomic mass is 19.1. The van der Waals surface area contributed by atoms with Gasteiger partial charge < -0.3 is 10.6 Å². The maximum absolute atomic E-state index is 13.0. The third-order valence-electron chi connectivity index (χ3n) is 2.01. The van der Waals surface area contributed by atoms with E-state index in [9.17, 15) is 4.39 Å². The van der Waals surface area contributed by atoms with E-state index in [2.05, 4.69) is 23.8 Å². The molecule has 1 aromatic rings. The smallest absolute Gasteiger partial charge is 0.224 e. The van der Waals surface area contributed by atoms with Crippen LogP contribution in [0.2, 0.25) is 0 Å². The SMILES string of the molecule is CCCN(CCC)c1cc(F)nc(N)n1. The van der Waals surface area contributed by atoms with Gasteiger partial charge in [-0.2, -0.15) is 14.4 Å². The number of rotatable bonds is 5. The van der Waals surface area contributed by atoms with Crippen LogP contribution in [-0.2, 0) is 0 Å². The summed E-state index contributed by atoms with van der Waals surface area (Å²) >= 11 is 0. The molecule has 0 saturated heterocycles. The minimum absolute atomic E-state index is 0.0118. The summed E-state index contributed by atoms with van der Waals surface area (Å²) in [5.41, 5.74) is 5.40. The predicted octanol–water partition coefficient (Wildman–Crippen LogP) is 1.82. The van der Waals surface area contributed by atoms with Gasteiger partial charge in [-0.3, -0.25) is 0 Å². The number of halogens is 1. The summed E-state index contributed by atoms with van der Waals surface area (Å²) < 4.78 is 13.0. The van der Waals surface area contributed by atoms with Gasteiger partial charge in [-0.25, -0.2) is 0 Å². The molecule has 0 amide bonds. The molecule has 0 radical (unpaired) electrons. The molecule has 0 aromatic carbocycles. The van der Waals surface area contributed by atoms with Crippen molar-refractivity contribution in [2.75, 3.05) is 23.7 Å². The van der Waals surface area contributed by atoms with Crippen molar-refractivity contribution in [3.63, 3.8) is 0 Å². The number of nitrogen functional groups attached to an aromatic ring is 1. The maximum Gasteiger partial charge on any atom is 0.224 e. The fraction of sp³-hybridized carbons (Fsp3) is 0.600. The molecule has 2 N–H and O–H groups in total. The van der Waals surface area contributed by atoms with Crippen LogP contribution in [0, 0.1) is 5.95 Å². The van der Waals surface area contributed by atoms with Gasteiger partial charge in [0, 0.05) is 19.2 Å². The number of nitrogens with zero attached hydrogens (tertiary/aromatic N) is 3. The molecule has 0 saturated carbocycles. The molecule has 0 fully saturated rings. The highest BCUT2D eigenvalue weighted by Gasteiger charge is 2.08. The molecule has 5 heteroatoms. The van der Waals surface area contributed by atoms with Gasteiger partial charge in [0.2, 0.25) is 11.9 Å². The van der Waals surface area contributed by atoms with E-state index in [4.69, 9.17) is 5.73 Å². The van der Waals surface area contributed by atoms with Crippen LogP contribution in [0.4, 0.5) is 16.2 Å². The molecule has 0 unspecified atom stereocenters. The van der Waals surface area contributed by atoms with Crippen molar-refractivity contribution >= 4 is 11.8 Å². The van der Waals surface area contributed by atoms with E-state index < -0.39 is 5.95 Å². The molecule has 0 aliphatic heterocycles. The highest BCUT2D eigenvalue weighted by molar-refractivity contribution is 5.41. The second kappa shape index (κ2) is 5.48. The molecule has 15 heavy (non-hydrogen) atoms. The highest BCUT2D eigenvalue weighted by Crippen LogP contribution is 2.13. The first-order valence-electron chi connectivity index (χ1n) is 5.22. The Morgan fingerprint density at radius 1 is 1.27 bits per heavy atom. The van der Waals surface area contributed by atoms with Crippen LogP contribution in [-0.4, -0.2) is 23.1 Å². The molecular formula is C10H17FN4. The second-order valence-electron chi connectivity index (χ2n) is 3.39. The lowest BCUT2D eigenvalue weighted by Crippen LogP contribution is -2.26. The van der Waals surface area contributed by atoms with Gasteiger partial charge in [-0.1, -0.05) is 13.8 Å². The lowest BCUT2D eigenvalue weighted by Gasteiger charge is -2.22. The van der Waals surface area contributed by atoms with E-state index in [1.807, 2.05) is 4.90 Å². The van der Waals surface area contributed by atoms with Crippen molar-refractivity contribution in [3.8, 4) is 0 Å². The normalized spacial score (nSPS) is 10.3. The van der Waals surface area contributed by atoms with Gasteiger partial charge in [0.25, 0.3) is 0 Å².